The Morgan fingerprint density at radius 3 is 2.86 bits per heavy atom. The quantitative estimate of drug-likeness (QED) is 0.488. The molecule has 0 fully saturated rings. The maximum absolute atomic E-state index is 14.4. The molecule has 6 heteroatoms. The van der Waals surface area contributed by atoms with Crippen molar-refractivity contribution in [1.82, 2.24) is 5.43 Å². The molecule has 0 amide bonds. The maximum atomic E-state index is 14.4. The monoisotopic (exact) mass is 370 g/mol. The summed E-state index contributed by atoms with van der Waals surface area (Å²) in [6.07, 6.45) is 0. The first-order valence-corrected chi connectivity index (χ1v) is 7.62. The van der Waals surface area contributed by atoms with E-state index in [2.05, 4.69) is 21.4 Å². The summed E-state index contributed by atoms with van der Waals surface area (Å²) in [7, 11) is 0. The molecule has 2 aromatic rings. The molecule has 110 valence electrons. The number of ether oxygens (including phenoxy) is 1. The fraction of sp³-hybridized carbons (Fsp3) is 0.200. The van der Waals surface area contributed by atoms with Crippen LogP contribution in [0.15, 0.2) is 40.9 Å². The molecular weight excluding hydrogens is 359 g/mol. The van der Waals surface area contributed by atoms with Crippen LogP contribution in [0.2, 0.25) is 5.02 Å². The van der Waals surface area contributed by atoms with E-state index in [1.165, 1.54) is 0 Å². The Labute approximate surface area is 135 Å². The molecule has 3 rings (SSSR count). The molecule has 1 heterocycles. The van der Waals surface area contributed by atoms with Gasteiger partial charge in [0, 0.05) is 21.5 Å². The van der Waals surface area contributed by atoms with Gasteiger partial charge in [0.05, 0.1) is 17.7 Å². The molecule has 2 unspecified atom stereocenters. The van der Waals surface area contributed by atoms with Crippen molar-refractivity contribution in [3.05, 3.63) is 62.8 Å². The zero-order valence-electron chi connectivity index (χ0n) is 10.9. The lowest BCUT2D eigenvalue weighted by Gasteiger charge is -2.23. The van der Waals surface area contributed by atoms with Crippen LogP contribution in [-0.2, 0) is 0 Å². The third kappa shape index (κ3) is 2.55. The minimum Gasteiger partial charge on any atom is -0.493 e. The van der Waals surface area contributed by atoms with Gasteiger partial charge in [-0.3, -0.25) is 11.3 Å². The summed E-state index contributed by atoms with van der Waals surface area (Å²) in [6, 6.07) is 10.7. The molecule has 2 aromatic carbocycles. The van der Waals surface area contributed by atoms with Gasteiger partial charge in [0.15, 0.2) is 0 Å². The van der Waals surface area contributed by atoms with Crippen LogP contribution in [-0.4, -0.2) is 6.61 Å². The second-order valence-corrected chi connectivity index (χ2v) is 6.10. The van der Waals surface area contributed by atoms with Crippen LogP contribution in [0.4, 0.5) is 4.39 Å². The third-order valence-electron chi connectivity index (χ3n) is 3.72. The maximum Gasteiger partial charge on any atom is 0.147 e. The number of fused-ring (bicyclic) bond motifs is 1. The highest BCUT2D eigenvalue weighted by molar-refractivity contribution is 9.10. The third-order valence-corrected chi connectivity index (χ3v) is 4.98. The molecule has 0 saturated carbocycles. The van der Waals surface area contributed by atoms with Gasteiger partial charge in [-0.05, 0) is 28.1 Å². The topological polar surface area (TPSA) is 47.3 Å². The van der Waals surface area contributed by atoms with Crippen LogP contribution in [0.1, 0.15) is 23.1 Å². The van der Waals surface area contributed by atoms with Gasteiger partial charge in [0.2, 0.25) is 0 Å². The van der Waals surface area contributed by atoms with Crippen LogP contribution < -0.4 is 16.0 Å². The van der Waals surface area contributed by atoms with Crippen molar-refractivity contribution in [3.63, 3.8) is 0 Å². The number of benzene rings is 2. The second-order valence-electron chi connectivity index (χ2n) is 4.86. The number of rotatable bonds is 3. The second kappa shape index (κ2) is 5.93. The number of hydrazine groups is 1. The van der Waals surface area contributed by atoms with Gasteiger partial charge in [-0.25, -0.2) is 4.39 Å². The molecule has 0 saturated heterocycles. The van der Waals surface area contributed by atoms with E-state index in [4.69, 9.17) is 22.2 Å². The molecule has 1 aliphatic rings. The van der Waals surface area contributed by atoms with Crippen LogP contribution in [0.5, 0.6) is 5.75 Å². The van der Waals surface area contributed by atoms with Gasteiger partial charge in [0.25, 0.3) is 0 Å². The van der Waals surface area contributed by atoms with E-state index in [-0.39, 0.29) is 10.9 Å². The number of hydrogen-bond donors (Lipinski definition) is 2. The van der Waals surface area contributed by atoms with Crippen LogP contribution in [0.3, 0.4) is 0 Å². The van der Waals surface area contributed by atoms with Crippen LogP contribution in [0.25, 0.3) is 0 Å². The molecule has 3 N–H and O–H groups in total. The summed E-state index contributed by atoms with van der Waals surface area (Å²) in [5.41, 5.74) is 4.13. The van der Waals surface area contributed by atoms with Gasteiger partial charge < -0.3 is 4.74 Å². The van der Waals surface area contributed by atoms with Crippen molar-refractivity contribution in [2.24, 2.45) is 5.84 Å². The van der Waals surface area contributed by atoms with E-state index in [1.54, 1.807) is 12.1 Å². The minimum absolute atomic E-state index is 0.0555. The van der Waals surface area contributed by atoms with E-state index >= 15 is 0 Å². The molecule has 3 nitrogen and oxygen atoms in total. The Kier molecular flexibility index (Phi) is 4.17. The van der Waals surface area contributed by atoms with Crippen LogP contribution >= 0.6 is 27.5 Å². The Hall–Kier alpha value is -1.14. The summed E-state index contributed by atoms with van der Waals surface area (Å²) in [5, 5.41) is 0.0555. The van der Waals surface area contributed by atoms with Crippen molar-refractivity contribution >= 4 is 27.5 Å². The van der Waals surface area contributed by atoms with E-state index in [0.29, 0.717) is 16.6 Å². The Morgan fingerprint density at radius 1 is 1.33 bits per heavy atom. The van der Waals surface area contributed by atoms with Gasteiger partial charge in [-0.2, -0.15) is 0 Å². The Morgan fingerprint density at radius 2 is 2.10 bits per heavy atom. The van der Waals surface area contributed by atoms with Gasteiger partial charge in [-0.1, -0.05) is 35.9 Å². The van der Waals surface area contributed by atoms with Crippen molar-refractivity contribution in [3.8, 4) is 5.75 Å². The highest BCUT2D eigenvalue weighted by Gasteiger charge is 2.33. The summed E-state index contributed by atoms with van der Waals surface area (Å²) >= 11 is 9.18. The zero-order valence-corrected chi connectivity index (χ0v) is 13.3. The van der Waals surface area contributed by atoms with Gasteiger partial charge in [0.1, 0.15) is 11.6 Å². The number of nitrogens with one attached hydrogen (secondary N) is 1. The van der Waals surface area contributed by atoms with Crippen molar-refractivity contribution < 1.29 is 9.13 Å². The lowest BCUT2D eigenvalue weighted by molar-refractivity contribution is 0.298. The first-order valence-electron chi connectivity index (χ1n) is 6.44. The van der Waals surface area contributed by atoms with E-state index < -0.39 is 11.9 Å². The van der Waals surface area contributed by atoms with E-state index in [9.17, 15) is 4.39 Å². The summed E-state index contributed by atoms with van der Waals surface area (Å²) in [5.74, 6) is 5.94. The molecule has 0 spiro atoms. The highest BCUT2D eigenvalue weighted by atomic mass is 79.9. The molecule has 0 bridgehead atoms. The van der Waals surface area contributed by atoms with Gasteiger partial charge in [-0.15, -0.1) is 0 Å². The molecule has 21 heavy (non-hydrogen) atoms. The number of para-hydroxylation sites is 1. The van der Waals surface area contributed by atoms with Crippen molar-refractivity contribution in [2.45, 2.75) is 12.0 Å². The van der Waals surface area contributed by atoms with Crippen molar-refractivity contribution in [2.75, 3.05) is 6.61 Å². The predicted molar refractivity (Wildman–Crippen MR) is 83.9 cm³/mol. The van der Waals surface area contributed by atoms with E-state index in [1.807, 2.05) is 24.3 Å². The SMILES string of the molecule is NNC(c1ccc(Br)c(Cl)c1F)C1COc2ccccc21. The van der Waals surface area contributed by atoms with Crippen molar-refractivity contribution in [1.29, 1.82) is 0 Å². The highest BCUT2D eigenvalue weighted by Crippen LogP contribution is 2.42. The average Bonchev–Trinajstić information content (AvgIpc) is 2.92. The molecule has 1 aliphatic heterocycles. The summed E-state index contributed by atoms with van der Waals surface area (Å²) in [6.45, 7) is 0.446. The normalized spacial score (nSPS) is 18.2. The average molecular weight is 372 g/mol. The Bertz CT molecular complexity index is 683. The largest absolute Gasteiger partial charge is 0.493 e. The fourth-order valence-corrected chi connectivity index (χ4v) is 3.15. The smallest absolute Gasteiger partial charge is 0.147 e. The fourth-order valence-electron chi connectivity index (χ4n) is 2.67. The molecule has 0 aromatic heterocycles. The number of nitrogens with two attached hydrogens (primary N) is 1. The zero-order chi connectivity index (χ0) is 15.0. The Balaban J connectivity index is 2.03. The molecular formula is C15H13BrClFN2O. The lowest BCUT2D eigenvalue weighted by atomic mass is 9.88. The van der Waals surface area contributed by atoms with Gasteiger partial charge >= 0.3 is 0 Å². The molecule has 2 atom stereocenters. The number of halogens is 3. The minimum atomic E-state index is -0.474. The number of hydrogen-bond acceptors (Lipinski definition) is 3. The van der Waals surface area contributed by atoms with E-state index in [0.717, 1.165) is 11.3 Å². The predicted octanol–water partition coefficient (Wildman–Crippen LogP) is 3.92. The first kappa shape index (κ1) is 14.8. The summed E-state index contributed by atoms with van der Waals surface area (Å²) in [4.78, 5) is 0. The summed E-state index contributed by atoms with van der Waals surface area (Å²) < 4.78 is 20.6. The molecule has 0 aliphatic carbocycles. The molecule has 0 radical (unpaired) electrons. The standard InChI is InChI=1S/C15H13BrClFN2O/c16-11-6-5-9(14(18)13(11)17)15(20-19)10-7-21-12-4-2-1-3-8(10)12/h1-6,10,15,20H,7,19H2. The lowest BCUT2D eigenvalue weighted by Crippen LogP contribution is -2.34. The first-order chi connectivity index (χ1) is 10.1. The van der Waals surface area contributed by atoms with Crippen LogP contribution in [0, 0.1) is 5.82 Å².